The van der Waals surface area contributed by atoms with E-state index in [4.69, 9.17) is 10.2 Å². The second kappa shape index (κ2) is 3.13. The molecule has 0 bridgehead atoms. The van der Waals surface area contributed by atoms with E-state index in [1.165, 1.54) is 18.2 Å². The van der Waals surface area contributed by atoms with Gasteiger partial charge in [0.1, 0.15) is 11.3 Å². The molecule has 1 aromatic heterocycles. The minimum atomic E-state index is -1.12. The van der Waals surface area contributed by atoms with Crippen molar-refractivity contribution >= 4 is 16.9 Å². The van der Waals surface area contributed by atoms with Crippen LogP contribution in [-0.4, -0.2) is 26.3 Å². The number of fused-ring (bicyclic) bond motifs is 1. The van der Waals surface area contributed by atoms with Crippen LogP contribution in [0.3, 0.4) is 0 Å². The number of hydrogen-bond donors (Lipinski definition) is 3. The Labute approximate surface area is 84.2 Å². The summed E-state index contributed by atoms with van der Waals surface area (Å²) in [6.07, 6.45) is 0. The molecule has 3 N–H and O–H groups in total. The number of phenolic OH excluding ortho intramolecular Hbond substituents is 1. The van der Waals surface area contributed by atoms with Gasteiger partial charge in [0.05, 0.1) is 5.56 Å². The summed E-state index contributed by atoms with van der Waals surface area (Å²) in [4.78, 5) is 14.4. The molecule has 0 aliphatic rings. The lowest BCUT2D eigenvalue weighted by atomic mass is 10.1. The van der Waals surface area contributed by atoms with Gasteiger partial charge in [0.15, 0.2) is 0 Å². The summed E-state index contributed by atoms with van der Waals surface area (Å²) in [7, 11) is 0. The van der Waals surface area contributed by atoms with Crippen LogP contribution in [0, 0.1) is 0 Å². The number of hydrogen-bond acceptors (Lipinski definition) is 4. The molecule has 0 unspecified atom stereocenters. The number of benzene rings is 1. The molecule has 0 amide bonds. The van der Waals surface area contributed by atoms with Gasteiger partial charge in [0.2, 0.25) is 5.88 Å². The van der Waals surface area contributed by atoms with Crippen LogP contribution < -0.4 is 0 Å². The topological polar surface area (TPSA) is 90.7 Å². The minimum absolute atomic E-state index is 0.0208. The van der Waals surface area contributed by atoms with Gasteiger partial charge in [-0.3, -0.25) is 0 Å². The van der Waals surface area contributed by atoms with Gasteiger partial charge in [0.25, 0.3) is 0 Å². The SMILES string of the molecule is O=C(O)c1cc(O)c2nc(O)ccc2c1. The van der Waals surface area contributed by atoms with E-state index in [1.807, 2.05) is 0 Å². The van der Waals surface area contributed by atoms with Crippen molar-refractivity contribution in [1.29, 1.82) is 0 Å². The van der Waals surface area contributed by atoms with Crippen LogP contribution in [-0.2, 0) is 0 Å². The Hall–Kier alpha value is -2.30. The first-order chi connectivity index (χ1) is 7.08. The zero-order chi connectivity index (χ0) is 11.0. The van der Waals surface area contributed by atoms with Gasteiger partial charge in [-0.2, -0.15) is 0 Å². The van der Waals surface area contributed by atoms with Crippen LogP contribution in [0.5, 0.6) is 11.6 Å². The Kier molecular flexibility index (Phi) is 1.93. The fourth-order valence-corrected chi connectivity index (χ4v) is 1.33. The molecule has 0 fully saturated rings. The number of aromatic carboxylic acids is 1. The summed E-state index contributed by atoms with van der Waals surface area (Å²) in [5.41, 5.74) is 0.160. The third-order valence-electron chi connectivity index (χ3n) is 2.00. The number of aromatic nitrogens is 1. The third-order valence-corrected chi connectivity index (χ3v) is 2.00. The molecule has 5 heteroatoms. The van der Waals surface area contributed by atoms with Gasteiger partial charge in [-0.1, -0.05) is 0 Å². The van der Waals surface area contributed by atoms with Gasteiger partial charge in [0, 0.05) is 11.5 Å². The number of phenols is 1. The molecule has 0 saturated carbocycles. The molecule has 0 radical (unpaired) electrons. The molecular formula is C10H7NO4. The molecule has 0 atom stereocenters. The van der Waals surface area contributed by atoms with E-state index in [2.05, 4.69) is 4.98 Å². The van der Waals surface area contributed by atoms with E-state index in [9.17, 15) is 9.90 Å². The third kappa shape index (κ3) is 1.54. The van der Waals surface area contributed by atoms with Gasteiger partial charge >= 0.3 is 5.97 Å². The van der Waals surface area contributed by atoms with E-state index in [1.54, 1.807) is 0 Å². The molecule has 15 heavy (non-hydrogen) atoms. The van der Waals surface area contributed by atoms with Crippen LogP contribution >= 0.6 is 0 Å². The normalized spacial score (nSPS) is 10.4. The Morgan fingerprint density at radius 1 is 1.20 bits per heavy atom. The number of carboxylic acids is 1. The first kappa shape index (κ1) is 9.26. The van der Waals surface area contributed by atoms with Crippen LogP contribution in [0.1, 0.15) is 10.4 Å². The molecule has 1 aromatic carbocycles. The second-order valence-electron chi connectivity index (χ2n) is 3.04. The molecule has 2 aromatic rings. The number of pyridine rings is 1. The Morgan fingerprint density at radius 2 is 1.93 bits per heavy atom. The fraction of sp³-hybridized carbons (Fsp3) is 0. The largest absolute Gasteiger partial charge is 0.506 e. The van der Waals surface area contributed by atoms with Crippen LogP contribution in [0.4, 0.5) is 0 Å². The summed E-state index contributed by atoms with van der Waals surface area (Å²) in [6, 6.07) is 5.29. The van der Waals surface area contributed by atoms with Crippen molar-refractivity contribution in [3.05, 3.63) is 29.8 Å². The first-order valence-electron chi connectivity index (χ1n) is 4.14. The molecule has 0 aliphatic heterocycles. The van der Waals surface area contributed by atoms with Crippen molar-refractivity contribution in [3.8, 4) is 11.6 Å². The average Bonchev–Trinajstić information content (AvgIpc) is 2.18. The maximum absolute atomic E-state index is 10.7. The highest BCUT2D eigenvalue weighted by Gasteiger charge is 2.09. The lowest BCUT2D eigenvalue weighted by Gasteiger charge is -2.02. The Bertz CT molecular complexity index is 550. The summed E-state index contributed by atoms with van der Waals surface area (Å²) >= 11 is 0. The predicted molar refractivity (Wildman–Crippen MR) is 52.0 cm³/mol. The number of aromatic hydroxyl groups is 2. The van der Waals surface area contributed by atoms with E-state index < -0.39 is 5.97 Å². The molecule has 1 heterocycles. The smallest absolute Gasteiger partial charge is 0.335 e. The van der Waals surface area contributed by atoms with Gasteiger partial charge < -0.3 is 15.3 Å². The molecular weight excluding hydrogens is 198 g/mol. The second-order valence-corrected chi connectivity index (χ2v) is 3.04. The summed E-state index contributed by atoms with van der Waals surface area (Å²) in [6.45, 7) is 0. The fourth-order valence-electron chi connectivity index (χ4n) is 1.33. The monoisotopic (exact) mass is 205 g/mol. The Morgan fingerprint density at radius 3 is 2.60 bits per heavy atom. The van der Waals surface area contributed by atoms with Crippen molar-refractivity contribution in [3.63, 3.8) is 0 Å². The van der Waals surface area contributed by atoms with Crippen molar-refractivity contribution in [2.24, 2.45) is 0 Å². The van der Waals surface area contributed by atoms with E-state index in [0.717, 1.165) is 6.07 Å². The number of nitrogens with zero attached hydrogens (tertiary/aromatic N) is 1. The van der Waals surface area contributed by atoms with Crippen LogP contribution in [0.2, 0.25) is 0 Å². The predicted octanol–water partition coefficient (Wildman–Crippen LogP) is 1.34. The van der Waals surface area contributed by atoms with Gasteiger partial charge in [-0.05, 0) is 18.2 Å². The lowest BCUT2D eigenvalue weighted by Crippen LogP contribution is -1.96. The van der Waals surface area contributed by atoms with E-state index >= 15 is 0 Å². The van der Waals surface area contributed by atoms with Gasteiger partial charge in [-0.25, -0.2) is 9.78 Å². The number of carbonyl (C=O) groups is 1. The van der Waals surface area contributed by atoms with Crippen molar-refractivity contribution in [2.75, 3.05) is 0 Å². The number of carboxylic acid groups (broad SMARTS) is 1. The zero-order valence-electron chi connectivity index (χ0n) is 7.51. The molecule has 0 aliphatic carbocycles. The maximum atomic E-state index is 10.7. The lowest BCUT2D eigenvalue weighted by molar-refractivity contribution is 0.0696. The van der Waals surface area contributed by atoms with Gasteiger partial charge in [-0.15, -0.1) is 0 Å². The molecule has 76 valence electrons. The minimum Gasteiger partial charge on any atom is -0.506 e. The highest BCUT2D eigenvalue weighted by atomic mass is 16.4. The quantitative estimate of drug-likeness (QED) is 0.653. The molecule has 5 nitrogen and oxygen atoms in total. The van der Waals surface area contributed by atoms with Crippen molar-refractivity contribution in [2.45, 2.75) is 0 Å². The van der Waals surface area contributed by atoms with E-state index in [-0.39, 0.29) is 22.7 Å². The first-order valence-corrected chi connectivity index (χ1v) is 4.14. The number of rotatable bonds is 1. The molecule has 0 saturated heterocycles. The molecule has 0 spiro atoms. The maximum Gasteiger partial charge on any atom is 0.335 e. The van der Waals surface area contributed by atoms with Crippen molar-refractivity contribution < 1.29 is 20.1 Å². The van der Waals surface area contributed by atoms with Crippen molar-refractivity contribution in [1.82, 2.24) is 4.98 Å². The van der Waals surface area contributed by atoms with E-state index in [0.29, 0.717) is 5.39 Å². The molecule has 2 rings (SSSR count). The summed E-state index contributed by atoms with van der Waals surface area (Å²) in [5.74, 6) is -1.61. The highest BCUT2D eigenvalue weighted by molar-refractivity contribution is 5.96. The summed E-state index contributed by atoms with van der Waals surface area (Å²) in [5, 5.41) is 27.8. The van der Waals surface area contributed by atoms with Crippen LogP contribution in [0.15, 0.2) is 24.3 Å². The average molecular weight is 205 g/mol. The highest BCUT2D eigenvalue weighted by Crippen LogP contribution is 2.26. The summed E-state index contributed by atoms with van der Waals surface area (Å²) < 4.78 is 0. The van der Waals surface area contributed by atoms with Crippen LogP contribution in [0.25, 0.3) is 10.9 Å². The Balaban J connectivity index is 2.78. The zero-order valence-corrected chi connectivity index (χ0v) is 7.51. The standard InChI is InChI=1S/C10H7NO4/c12-7-4-6(10(14)15)3-5-1-2-8(13)11-9(5)7/h1-4,12H,(H,11,13)(H,14,15).